The summed E-state index contributed by atoms with van der Waals surface area (Å²) in [5.41, 5.74) is 0.969. The van der Waals surface area contributed by atoms with Gasteiger partial charge in [0.25, 0.3) is 0 Å². The molecule has 0 bridgehead atoms. The number of amides is 1. The second-order valence-electron chi connectivity index (χ2n) is 4.83. The van der Waals surface area contributed by atoms with E-state index in [1.165, 1.54) is 0 Å². The van der Waals surface area contributed by atoms with Crippen LogP contribution in [0.5, 0.6) is 0 Å². The highest BCUT2D eigenvalue weighted by Crippen LogP contribution is 2.20. The molecule has 0 radical (unpaired) electrons. The van der Waals surface area contributed by atoms with Crippen LogP contribution in [0.3, 0.4) is 0 Å². The number of aromatic nitrogens is 1. The molecule has 4 nitrogen and oxygen atoms in total. The number of rotatable bonds is 5. The summed E-state index contributed by atoms with van der Waals surface area (Å²) in [6.07, 6.45) is 4.83. The lowest BCUT2D eigenvalue weighted by Gasteiger charge is -2.16. The van der Waals surface area contributed by atoms with Gasteiger partial charge in [0.2, 0.25) is 5.91 Å². The monoisotopic (exact) mass is 248 g/mol. The molecule has 1 fully saturated rings. The quantitative estimate of drug-likeness (QED) is 0.853. The van der Waals surface area contributed by atoms with Crippen molar-refractivity contribution in [2.24, 2.45) is 5.92 Å². The number of aryl methyl sites for hydroxylation is 1. The topological polar surface area (TPSA) is 53.4 Å². The van der Waals surface area contributed by atoms with Crippen LogP contribution in [-0.2, 0) is 11.2 Å². The van der Waals surface area contributed by atoms with Crippen molar-refractivity contribution in [1.82, 2.24) is 9.88 Å². The van der Waals surface area contributed by atoms with Crippen LogP contribution in [0.15, 0.2) is 24.4 Å². The van der Waals surface area contributed by atoms with Gasteiger partial charge < -0.3 is 10.0 Å². The average molecular weight is 248 g/mol. The number of carbonyl (C=O) groups excluding carboxylic acids is 1. The zero-order valence-electron chi connectivity index (χ0n) is 10.6. The fourth-order valence-corrected chi connectivity index (χ4v) is 2.42. The van der Waals surface area contributed by atoms with E-state index in [0.29, 0.717) is 18.8 Å². The van der Waals surface area contributed by atoms with E-state index in [1.807, 2.05) is 23.1 Å². The number of aliphatic hydroxyl groups excluding tert-OH is 1. The summed E-state index contributed by atoms with van der Waals surface area (Å²) in [5, 5.41) is 8.89. The largest absolute Gasteiger partial charge is 0.396 e. The zero-order valence-corrected chi connectivity index (χ0v) is 10.6. The van der Waals surface area contributed by atoms with E-state index in [-0.39, 0.29) is 12.5 Å². The minimum Gasteiger partial charge on any atom is -0.396 e. The number of hydrogen-bond donors (Lipinski definition) is 1. The summed E-state index contributed by atoms with van der Waals surface area (Å²) < 4.78 is 0. The molecule has 4 heteroatoms. The molecule has 0 spiro atoms. The Labute approximate surface area is 108 Å². The third-order valence-electron chi connectivity index (χ3n) is 3.50. The fourth-order valence-electron chi connectivity index (χ4n) is 2.42. The highest BCUT2D eigenvalue weighted by molar-refractivity contribution is 5.76. The lowest BCUT2D eigenvalue weighted by Crippen LogP contribution is -2.29. The van der Waals surface area contributed by atoms with Crippen LogP contribution in [-0.4, -0.2) is 40.6 Å². The molecule has 1 aliphatic heterocycles. The van der Waals surface area contributed by atoms with Crippen molar-refractivity contribution in [3.05, 3.63) is 30.1 Å². The average Bonchev–Trinajstić information content (AvgIpc) is 2.86. The van der Waals surface area contributed by atoms with Crippen molar-refractivity contribution in [1.29, 1.82) is 0 Å². The first-order chi connectivity index (χ1) is 8.79. The number of nitrogens with zero attached hydrogens (tertiary/aromatic N) is 2. The van der Waals surface area contributed by atoms with Crippen molar-refractivity contribution >= 4 is 5.91 Å². The van der Waals surface area contributed by atoms with Gasteiger partial charge in [0, 0.05) is 38.0 Å². The van der Waals surface area contributed by atoms with Crippen molar-refractivity contribution in [3.8, 4) is 0 Å². The summed E-state index contributed by atoms with van der Waals surface area (Å²) in [7, 11) is 0. The first-order valence-electron chi connectivity index (χ1n) is 6.58. The van der Waals surface area contributed by atoms with E-state index in [0.717, 1.165) is 31.6 Å². The minimum atomic E-state index is 0.209. The van der Waals surface area contributed by atoms with Gasteiger partial charge in [-0.05, 0) is 37.3 Å². The van der Waals surface area contributed by atoms with Gasteiger partial charge in [0.15, 0.2) is 0 Å². The third kappa shape index (κ3) is 3.53. The molecule has 1 amide bonds. The molecule has 1 aromatic rings. The lowest BCUT2D eigenvalue weighted by atomic mass is 10.1. The van der Waals surface area contributed by atoms with Gasteiger partial charge in [0.1, 0.15) is 0 Å². The minimum absolute atomic E-state index is 0.209. The molecule has 2 heterocycles. The van der Waals surface area contributed by atoms with E-state index in [9.17, 15) is 4.79 Å². The van der Waals surface area contributed by atoms with Crippen molar-refractivity contribution in [2.75, 3.05) is 19.7 Å². The normalized spacial score (nSPS) is 19.2. The predicted octanol–water partition coefficient (Wildman–Crippen LogP) is 1.25. The SMILES string of the molecule is O=C(CCc1ccccn1)N1CCC(CCO)C1. The Morgan fingerprint density at radius 3 is 3.11 bits per heavy atom. The number of hydrogen-bond acceptors (Lipinski definition) is 3. The standard InChI is InChI=1S/C14H20N2O2/c17-10-7-12-6-9-16(11-12)14(18)5-4-13-3-1-2-8-15-13/h1-3,8,12,17H,4-7,9-11H2. The number of pyridine rings is 1. The maximum atomic E-state index is 12.0. The lowest BCUT2D eigenvalue weighted by molar-refractivity contribution is -0.130. The zero-order chi connectivity index (χ0) is 12.8. The first kappa shape index (κ1) is 13.0. The Hall–Kier alpha value is -1.42. The second-order valence-corrected chi connectivity index (χ2v) is 4.83. The number of carbonyl (C=O) groups is 1. The predicted molar refractivity (Wildman–Crippen MR) is 68.9 cm³/mol. The fraction of sp³-hybridized carbons (Fsp3) is 0.571. The molecular formula is C14H20N2O2. The number of likely N-dealkylation sites (tertiary alicyclic amines) is 1. The summed E-state index contributed by atoms with van der Waals surface area (Å²) in [5.74, 6) is 0.690. The molecule has 98 valence electrons. The Bertz CT molecular complexity index is 381. The Morgan fingerprint density at radius 1 is 1.50 bits per heavy atom. The van der Waals surface area contributed by atoms with Crippen LogP contribution in [0.2, 0.25) is 0 Å². The second kappa shape index (κ2) is 6.50. The van der Waals surface area contributed by atoms with E-state index in [4.69, 9.17) is 5.11 Å². The molecule has 0 aliphatic carbocycles. The van der Waals surface area contributed by atoms with Gasteiger partial charge in [0.05, 0.1) is 0 Å². The Morgan fingerprint density at radius 2 is 2.39 bits per heavy atom. The molecule has 1 atom stereocenters. The molecule has 1 aromatic heterocycles. The summed E-state index contributed by atoms with van der Waals surface area (Å²) in [6, 6.07) is 5.77. The smallest absolute Gasteiger partial charge is 0.222 e. The highest BCUT2D eigenvalue weighted by atomic mass is 16.3. The molecule has 1 aliphatic rings. The maximum Gasteiger partial charge on any atom is 0.222 e. The van der Waals surface area contributed by atoms with Crippen LogP contribution in [0.25, 0.3) is 0 Å². The van der Waals surface area contributed by atoms with E-state index in [1.54, 1.807) is 6.20 Å². The van der Waals surface area contributed by atoms with Crippen LogP contribution in [0, 0.1) is 5.92 Å². The van der Waals surface area contributed by atoms with Gasteiger partial charge in [-0.25, -0.2) is 0 Å². The molecule has 2 rings (SSSR count). The van der Waals surface area contributed by atoms with Crippen LogP contribution >= 0.6 is 0 Å². The molecule has 1 saturated heterocycles. The van der Waals surface area contributed by atoms with Crippen LogP contribution in [0.4, 0.5) is 0 Å². The Kier molecular flexibility index (Phi) is 4.70. The van der Waals surface area contributed by atoms with Crippen molar-refractivity contribution in [3.63, 3.8) is 0 Å². The summed E-state index contributed by atoms with van der Waals surface area (Å²) >= 11 is 0. The van der Waals surface area contributed by atoms with E-state index < -0.39 is 0 Å². The van der Waals surface area contributed by atoms with Crippen LogP contribution < -0.4 is 0 Å². The molecule has 0 aromatic carbocycles. The first-order valence-corrected chi connectivity index (χ1v) is 6.58. The number of aliphatic hydroxyl groups is 1. The third-order valence-corrected chi connectivity index (χ3v) is 3.50. The molecule has 1 N–H and O–H groups in total. The van der Waals surface area contributed by atoms with E-state index in [2.05, 4.69) is 4.98 Å². The van der Waals surface area contributed by atoms with E-state index >= 15 is 0 Å². The maximum absolute atomic E-state index is 12.0. The van der Waals surface area contributed by atoms with Gasteiger partial charge in [-0.3, -0.25) is 9.78 Å². The van der Waals surface area contributed by atoms with Crippen molar-refractivity contribution in [2.45, 2.75) is 25.7 Å². The molecule has 0 saturated carbocycles. The van der Waals surface area contributed by atoms with Gasteiger partial charge in [-0.2, -0.15) is 0 Å². The summed E-state index contributed by atoms with van der Waals surface area (Å²) in [6.45, 7) is 1.87. The summed E-state index contributed by atoms with van der Waals surface area (Å²) in [4.78, 5) is 18.1. The Balaban J connectivity index is 1.76. The van der Waals surface area contributed by atoms with Crippen molar-refractivity contribution < 1.29 is 9.90 Å². The van der Waals surface area contributed by atoms with Gasteiger partial charge >= 0.3 is 0 Å². The molecular weight excluding hydrogens is 228 g/mol. The van der Waals surface area contributed by atoms with Gasteiger partial charge in [-0.15, -0.1) is 0 Å². The molecule has 18 heavy (non-hydrogen) atoms. The molecule has 1 unspecified atom stereocenters. The van der Waals surface area contributed by atoms with Gasteiger partial charge in [-0.1, -0.05) is 6.07 Å². The highest BCUT2D eigenvalue weighted by Gasteiger charge is 2.25. The van der Waals surface area contributed by atoms with Crippen LogP contribution in [0.1, 0.15) is 25.0 Å².